The molecule has 0 radical (unpaired) electrons. The number of nitrogens with zero attached hydrogens (tertiary/aromatic N) is 4. The highest BCUT2D eigenvalue weighted by molar-refractivity contribution is 7.14. The van der Waals surface area contributed by atoms with Crippen molar-refractivity contribution < 1.29 is 9.32 Å². The summed E-state index contributed by atoms with van der Waals surface area (Å²) in [7, 11) is 0. The van der Waals surface area contributed by atoms with E-state index in [0.29, 0.717) is 36.4 Å². The molecule has 0 N–H and O–H groups in total. The van der Waals surface area contributed by atoms with Crippen LogP contribution in [-0.2, 0) is 13.0 Å². The van der Waals surface area contributed by atoms with Gasteiger partial charge in [0.25, 0.3) is 5.91 Å². The molecule has 4 rings (SSSR count). The van der Waals surface area contributed by atoms with Crippen molar-refractivity contribution in [2.75, 3.05) is 26.2 Å². The van der Waals surface area contributed by atoms with Crippen LogP contribution in [0.25, 0.3) is 11.4 Å². The minimum absolute atomic E-state index is 0.139. The molecular formula is C21H23ClN4O2S. The summed E-state index contributed by atoms with van der Waals surface area (Å²) >= 11 is 7.54. The summed E-state index contributed by atoms with van der Waals surface area (Å²) in [6.45, 7) is 7.77. The van der Waals surface area contributed by atoms with Gasteiger partial charge in [-0.1, -0.05) is 23.7 Å². The van der Waals surface area contributed by atoms with Gasteiger partial charge in [-0.05, 0) is 49.2 Å². The van der Waals surface area contributed by atoms with Crippen molar-refractivity contribution in [1.29, 1.82) is 0 Å². The second-order valence-electron chi connectivity index (χ2n) is 7.16. The van der Waals surface area contributed by atoms with Crippen LogP contribution in [0.15, 0.2) is 34.9 Å². The van der Waals surface area contributed by atoms with E-state index in [1.54, 1.807) is 11.3 Å². The molecule has 1 aliphatic heterocycles. The largest absolute Gasteiger partial charge is 0.338 e. The number of carbonyl (C=O) groups excluding carboxylic acids is 1. The smallest absolute Gasteiger partial charge is 0.264 e. The Bertz CT molecular complexity index is 991. The van der Waals surface area contributed by atoms with Gasteiger partial charge < -0.3 is 9.42 Å². The molecule has 3 aromatic rings. The molecule has 29 heavy (non-hydrogen) atoms. The molecule has 0 bridgehead atoms. The van der Waals surface area contributed by atoms with E-state index in [2.05, 4.69) is 28.9 Å². The Morgan fingerprint density at radius 2 is 1.93 bits per heavy atom. The molecule has 0 unspecified atom stereocenters. The predicted octanol–water partition coefficient (Wildman–Crippen LogP) is 4.28. The third-order valence-corrected chi connectivity index (χ3v) is 6.76. The Hall–Kier alpha value is -2.22. The molecule has 1 aliphatic rings. The first kappa shape index (κ1) is 20.1. The van der Waals surface area contributed by atoms with Gasteiger partial charge in [0.2, 0.25) is 11.7 Å². The number of piperazine rings is 1. The van der Waals surface area contributed by atoms with Crippen LogP contribution in [0.5, 0.6) is 0 Å². The van der Waals surface area contributed by atoms with Gasteiger partial charge in [-0.25, -0.2) is 0 Å². The number of rotatable bonds is 5. The van der Waals surface area contributed by atoms with Crippen molar-refractivity contribution in [2.45, 2.75) is 26.8 Å². The SMILES string of the molecule is CCc1sc(C(=O)N2CCN(Cc3nc(-c4ccc(Cl)cc4)no3)CC2)cc1C. The van der Waals surface area contributed by atoms with E-state index in [1.165, 1.54) is 10.4 Å². The molecule has 1 aromatic carbocycles. The molecule has 1 saturated heterocycles. The second-order valence-corrected chi connectivity index (χ2v) is 8.73. The highest BCUT2D eigenvalue weighted by atomic mass is 35.5. The molecule has 2 aromatic heterocycles. The molecule has 1 fully saturated rings. The number of thiophene rings is 1. The number of aryl methyl sites for hydroxylation is 2. The van der Waals surface area contributed by atoms with Gasteiger partial charge in [0.05, 0.1) is 11.4 Å². The third kappa shape index (κ3) is 4.52. The summed E-state index contributed by atoms with van der Waals surface area (Å²) in [4.78, 5) is 23.6. The maximum atomic E-state index is 12.8. The van der Waals surface area contributed by atoms with E-state index in [4.69, 9.17) is 16.1 Å². The van der Waals surface area contributed by atoms with E-state index < -0.39 is 0 Å². The molecule has 0 aliphatic carbocycles. The number of benzene rings is 1. The van der Waals surface area contributed by atoms with Crippen LogP contribution in [-0.4, -0.2) is 52.0 Å². The lowest BCUT2D eigenvalue weighted by atomic mass is 10.2. The zero-order chi connectivity index (χ0) is 20.4. The number of hydrogen-bond donors (Lipinski definition) is 0. The standard InChI is InChI=1S/C21H23ClN4O2S/c1-3-17-14(2)12-18(29-17)21(27)26-10-8-25(9-11-26)13-19-23-20(24-28-19)15-4-6-16(22)7-5-15/h4-7,12H,3,8-11,13H2,1-2H3. The van der Waals surface area contributed by atoms with Crippen LogP contribution in [0.1, 0.15) is 32.9 Å². The van der Waals surface area contributed by atoms with Crippen LogP contribution >= 0.6 is 22.9 Å². The molecule has 0 atom stereocenters. The van der Waals surface area contributed by atoms with E-state index in [1.807, 2.05) is 35.2 Å². The Morgan fingerprint density at radius 1 is 1.21 bits per heavy atom. The van der Waals surface area contributed by atoms with Gasteiger partial charge in [0, 0.05) is 41.6 Å². The minimum Gasteiger partial charge on any atom is -0.338 e. The van der Waals surface area contributed by atoms with Crippen LogP contribution in [0.2, 0.25) is 5.02 Å². The van der Waals surface area contributed by atoms with Gasteiger partial charge in [0.1, 0.15) is 0 Å². The van der Waals surface area contributed by atoms with E-state index >= 15 is 0 Å². The average Bonchev–Trinajstić information content (AvgIpc) is 3.35. The lowest BCUT2D eigenvalue weighted by Gasteiger charge is -2.33. The van der Waals surface area contributed by atoms with Crippen molar-refractivity contribution >= 4 is 28.8 Å². The molecule has 6 nitrogen and oxygen atoms in total. The summed E-state index contributed by atoms with van der Waals surface area (Å²) in [6.07, 6.45) is 0.972. The fraction of sp³-hybridized carbons (Fsp3) is 0.381. The number of halogens is 1. The Labute approximate surface area is 179 Å². The van der Waals surface area contributed by atoms with Gasteiger partial charge in [-0.2, -0.15) is 4.98 Å². The van der Waals surface area contributed by atoms with Crippen molar-refractivity contribution in [1.82, 2.24) is 19.9 Å². The molecule has 0 spiro atoms. The normalized spacial score (nSPS) is 15.1. The van der Waals surface area contributed by atoms with Crippen molar-refractivity contribution in [3.05, 3.63) is 56.6 Å². The zero-order valence-corrected chi connectivity index (χ0v) is 18.1. The molecule has 3 heterocycles. The summed E-state index contributed by atoms with van der Waals surface area (Å²) in [5.41, 5.74) is 2.09. The zero-order valence-electron chi connectivity index (χ0n) is 16.5. The summed E-state index contributed by atoms with van der Waals surface area (Å²) in [6, 6.07) is 9.38. The molecule has 1 amide bonds. The number of aromatic nitrogens is 2. The minimum atomic E-state index is 0.139. The summed E-state index contributed by atoms with van der Waals surface area (Å²) in [5.74, 6) is 1.28. The maximum Gasteiger partial charge on any atom is 0.264 e. The van der Waals surface area contributed by atoms with E-state index in [9.17, 15) is 4.79 Å². The lowest BCUT2D eigenvalue weighted by molar-refractivity contribution is 0.0619. The Morgan fingerprint density at radius 3 is 2.59 bits per heavy atom. The second kappa shape index (κ2) is 8.65. The predicted molar refractivity (Wildman–Crippen MR) is 114 cm³/mol. The Balaban J connectivity index is 1.33. The first-order valence-corrected chi connectivity index (χ1v) is 10.9. The van der Waals surface area contributed by atoms with Crippen molar-refractivity contribution in [3.63, 3.8) is 0 Å². The van der Waals surface area contributed by atoms with Gasteiger partial charge in [0.15, 0.2) is 0 Å². The molecular weight excluding hydrogens is 408 g/mol. The molecule has 152 valence electrons. The molecule has 0 saturated carbocycles. The first-order chi connectivity index (χ1) is 14.0. The average molecular weight is 431 g/mol. The summed E-state index contributed by atoms with van der Waals surface area (Å²) in [5, 5.41) is 4.74. The first-order valence-electron chi connectivity index (χ1n) is 9.73. The van der Waals surface area contributed by atoms with Gasteiger partial charge in [-0.3, -0.25) is 9.69 Å². The van der Waals surface area contributed by atoms with E-state index in [0.717, 1.165) is 30.0 Å². The number of hydrogen-bond acceptors (Lipinski definition) is 6. The quantitative estimate of drug-likeness (QED) is 0.604. The van der Waals surface area contributed by atoms with Crippen LogP contribution in [0.4, 0.5) is 0 Å². The molecule has 8 heteroatoms. The third-order valence-electron chi connectivity index (χ3n) is 5.14. The highest BCUT2D eigenvalue weighted by Gasteiger charge is 2.25. The number of carbonyl (C=O) groups is 1. The highest BCUT2D eigenvalue weighted by Crippen LogP contribution is 2.24. The lowest BCUT2D eigenvalue weighted by Crippen LogP contribution is -2.48. The van der Waals surface area contributed by atoms with Crippen molar-refractivity contribution in [3.8, 4) is 11.4 Å². The van der Waals surface area contributed by atoms with Crippen LogP contribution < -0.4 is 0 Å². The number of amides is 1. The van der Waals surface area contributed by atoms with Crippen molar-refractivity contribution in [2.24, 2.45) is 0 Å². The topological polar surface area (TPSA) is 62.5 Å². The van der Waals surface area contributed by atoms with Gasteiger partial charge in [-0.15, -0.1) is 11.3 Å². The Kier molecular flexibility index (Phi) is 5.99. The fourth-order valence-electron chi connectivity index (χ4n) is 3.47. The van der Waals surface area contributed by atoms with Gasteiger partial charge >= 0.3 is 0 Å². The fourth-order valence-corrected chi connectivity index (χ4v) is 4.68. The monoisotopic (exact) mass is 430 g/mol. The summed E-state index contributed by atoms with van der Waals surface area (Å²) < 4.78 is 5.41. The maximum absolute atomic E-state index is 12.8. The van der Waals surface area contributed by atoms with Crippen LogP contribution in [0.3, 0.4) is 0 Å². The van der Waals surface area contributed by atoms with E-state index in [-0.39, 0.29) is 5.91 Å². The van der Waals surface area contributed by atoms with Crippen LogP contribution in [0, 0.1) is 6.92 Å².